The summed E-state index contributed by atoms with van der Waals surface area (Å²) in [4.78, 5) is 6.40. The number of rotatable bonds is 9. The molecule has 1 atom stereocenters. The maximum atomic E-state index is 6.08. The van der Waals surface area contributed by atoms with Crippen LogP contribution in [0.3, 0.4) is 0 Å². The summed E-state index contributed by atoms with van der Waals surface area (Å²) in [5, 5.41) is 7.67. The predicted molar refractivity (Wildman–Crippen MR) is 102 cm³/mol. The lowest BCUT2D eigenvalue weighted by Gasteiger charge is -2.21. The minimum atomic E-state index is 0.148. The number of halogens is 2. The van der Waals surface area contributed by atoms with Gasteiger partial charge in [0.05, 0.1) is 17.7 Å². The summed E-state index contributed by atoms with van der Waals surface area (Å²) in [6.07, 6.45) is 1.11. The molecule has 0 aliphatic heterocycles. The Kier molecular flexibility index (Phi) is 9.51. The van der Waals surface area contributed by atoms with Gasteiger partial charge >= 0.3 is 0 Å². The summed E-state index contributed by atoms with van der Waals surface area (Å²) in [5.41, 5.74) is 0.988. The first kappa shape index (κ1) is 21.1. The Labute approximate surface area is 155 Å². The first-order valence-corrected chi connectivity index (χ1v) is 8.85. The molecule has 24 heavy (non-hydrogen) atoms. The smallest absolute Gasteiger partial charge is 0.191 e. The minimum absolute atomic E-state index is 0.148. The van der Waals surface area contributed by atoms with E-state index in [4.69, 9.17) is 27.9 Å². The van der Waals surface area contributed by atoms with Gasteiger partial charge in [-0.05, 0) is 33.5 Å². The number of hydrogen-bond acceptors (Lipinski definition) is 3. The molecule has 1 aromatic rings. The van der Waals surface area contributed by atoms with Crippen LogP contribution in [-0.2, 0) is 18.3 Å². The van der Waals surface area contributed by atoms with Crippen LogP contribution < -0.4 is 10.6 Å². The summed E-state index contributed by atoms with van der Waals surface area (Å²) in [7, 11) is 7.75. The van der Waals surface area contributed by atoms with E-state index in [1.54, 1.807) is 7.05 Å². The lowest BCUT2D eigenvalue weighted by atomic mass is 10.2. The van der Waals surface area contributed by atoms with Gasteiger partial charge in [-0.15, -0.1) is 0 Å². The van der Waals surface area contributed by atoms with Crippen LogP contribution in [0.1, 0.15) is 19.0 Å². The van der Waals surface area contributed by atoms with Gasteiger partial charge in [-0.25, -0.2) is 0 Å². The normalized spacial score (nSPS) is 13.4. The summed E-state index contributed by atoms with van der Waals surface area (Å²) in [6, 6.07) is 1.85. The number of hydrogen-bond donors (Lipinski definition) is 2. The molecule has 1 rings (SSSR count). The Bertz CT molecular complexity index is 531. The molecule has 1 unspecified atom stereocenters. The van der Waals surface area contributed by atoms with E-state index >= 15 is 0 Å². The third-order valence-electron chi connectivity index (χ3n) is 3.67. The van der Waals surface area contributed by atoms with Crippen LogP contribution in [0.25, 0.3) is 0 Å². The monoisotopic (exact) mass is 377 g/mol. The molecule has 6 nitrogen and oxygen atoms in total. The van der Waals surface area contributed by atoms with Crippen molar-refractivity contribution in [3.05, 3.63) is 21.9 Å². The van der Waals surface area contributed by atoms with E-state index in [9.17, 15) is 0 Å². The Hall–Kier alpha value is -0.950. The zero-order valence-corrected chi connectivity index (χ0v) is 16.7. The molecule has 0 aromatic carbocycles. The largest absolute Gasteiger partial charge is 0.377 e. The predicted octanol–water partition coefficient (Wildman–Crippen LogP) is 2.35. The summed E-state index contributed by atoms with van der Waals surface area (Å²) < 4.78 is 7.63. The molecule has 0 saturated carbocycles. The van der Waals surface area contributed by atoms with E-state index in [-0.39, 0.29) is 6.10 Å². The van der Waals surface area contributed by atoms with Gasteiger partial charge in [-0.3, -0.25) is 4.99 Å². The molecule has 0 aliphatic rings. The van der Waals surface area contributed by atoms with E-state index in [1.807, 2.05) is 24.6 Å². The number of ether oxygens (including phenoxy) is 1. The van der Waals surface area contributed by atoms with Crippen LogP contribution >= 0.6 is 23.2 Å². The summed E-state index contributed by atoms with van der Waals surface area (Å²) >= 11 is 12.1. The second-order valence-corrected chi connectivity index (χ2v) is 6.57. The number of guanidine groups is 1. The average Bonchev–Trinajstić information content (AvgIpc) is 2.79. The molecule has 0 bridgehead atoms. The maximum absolute atomic E-state index is 6.08. The highest BCUT2D eigenvalue weighted by Gasteiger charge is 2.12. The molecule has 1 aromatic heterocycles. The second kappa shape index (κ2) is 10.8. The maximum Gasteiger partial charge on any atom is 0.191 e. The van der Waals surface area contributed by atoms with Crippen LogP contribution in [0.2, 0.25) is 10.2 Å². The van der Waals surface area contributed by atoms with Crippen LogP contribution in [0.15, 0.2) is 11.1 Å². The average molecular weight is 378 g/mol. The number of aromatic nitrogens is 1. The van der Waals surface area contributed by atoms with Crippen molar-refractivity contribution in [1.29, 1.82) is 0 Å². The molecule has 0 fully saturated rings. The number of aliphatic imine (C=N–C) groups is 1. The molecule has 0 aliphatic carbocycles. The van der Waals surface area contributed by atoms with E-state index in [2.05, 4.69) is 34.6 Å². The van der Waals surface area contributed by atoms with Crippen LogP contribution in [-0.4, -0.2) is 62.4 Å². The topological polar surface area (TPSA) is 53.8 Å². The fourth-order valence-electron chi connectivity index (χ4n) is 2.25. The van der Waals surface area contributed by atoms with Gasteiger partial charge in [0, 0.05) is 39.5 Å². The van der Waals surface area contributed by atoms with Crippen molar-refractivity contribution in [3.63, 3.8) is 0 Å². The molecular weight excluding hydrogens is 349 g/mol. The number of nitrogens with zero attached hydrogens (tertiary/aromatic N) is 3. The fourth-order valence-corrected chi connectivity index (χ4v) is 2.66. The van der Waals surface area contributed by atoms with Crippen molar-refractivity contribution >= 4 is 29.2 Å². The lowest BCUT2D eigenvalue weighted by Crippen LogP contribution is -2.42. The van der Waals surface area contributed by atoms with Crippen LogP contribution in [0, 0.1) is 0 Å². The van der Waals surface area contributed by atoms with Crippen molar-refractivity contribution in [1.82, 2.24) is 20.1 Å². The van der Waals surface area contributed by atoms with Gasteiger partial charge in [-0.1, -0.05) is 23.2 Å². The third kappa shape index (κ3) is 6.89. The van der Waals surface area contributed by atoms with Crippen molar-refractivity contribution in [3.8, 4) is 0 Å². The van der Waals surface area contributed by atoms with Gasteiger partial charge < -0.3 is 24.8 Å². The lowest BCUT2D eigenvalue weighted by molar-refractivity contribution is 0.0548. The number of nitrogens with one attached hydrogen (secondary N) is 2. The molecule has 0 amide bonds. The SMILES string of the molecule is CCOC(CCN(C)C)CNC(=NC)NCc1cc(Cl)c(Cl)n1C. The van der Waals surface area contributed by atoms with Crippen molar-refractivity contribution in [2.75, 3.05) is 40.8 Å². The fraction of sp³-hybridized carbons (Fsp3) is 0.688. The third-order valence-corrected chi connectivity index (χ3v) is 4.52. The van der Waals surface area contributed by atoms with Gasteiger partial charge in [0.15, 0.2) is 5.96 Å². The Morgan fingerprint density at radius 1 is 1.38 bits per heavy atom. The first-order chi connectivity index (χ1) is 11.4. The molecular formula is C16H29Cl2N5O. The van der Waals surface area contributed by atoms with E-state index in [1.165, 1.54) is 0 Å². The molecule has 138 valence electrons. The highest BCUT2D eigenvalue weighted by Crippen LogP contribution is 2.24. The van der Waals surface area contributed by atoms with Gasteiger partial charge in [0.1, 0.15) is 5.15 Å². The van der Waals surface area contributed by atoms with Crippen molar-refractivity contribution in [2.24, 2.45) is 12.0 Å². The van der Waals surface area contributed by atoms with Crippen LogP contribution in [0.4, 0.5) is 0 Å². The van der Waals surface area contributed by atoms with E-state index < -0.39 is 0 Å². The minimum Gasteiger partial charge on any atom is -0.377 e. The molecule has 1 heterocycles. The molecule has 8 heteroatoms. The van der Waals surface area contributed by atoms with Gasteiger partial charge in [0.2, 0.25) is 0 Å². The molecule has 0 saturated heterocycles. The Morgan fingerprint density at radius 3 is 2.58 bits per heavy atom. The summed E-state index contributed by atoms with van der Waals surface area (Å²) in [5.74, 6) is 0.720. The molecule has 2 N–H and O–H groups in total. The Balaban J connectivity index is 2.49. The van der Waals surface area contributed by atoms with Crippen molar-refractivity contribution < 1.29 is 4.74 Å². The van der Waals surface area contributed by atoms with Gasteiger partial charge in [-0.2, -0.15) is 0 Å². The zero-order chi connectivity index (χ0) is 18.1. The highest BCUT2D eigenvalue weighted by atomic mass is 35.5. The second-order valence-electron chi connectivity index (χ2n) is 5.81. The quantitative estimate of drug-likeness (QED) is 0.512. The van der Waals surface area contributed by atoms with Crippen molar-refractivity contribution in [2.45, 2.75) is 26.0 Å². The summed E-state index contributed by atoms with van der Waals surface area (Å²) in [6.45, 7) is 4.99. The Morgan fingerprint density at radius 2 is 2.08 bits per heavy atom. The highest BCUT2D eigenvalue weighted by molar-refractivity contribution is 6.41. The standard InChI is InChI=1S/C16H29Cl2N5O/c1-6-24-13(7-8-22(3)4)11-21-16(19-2)20-10-12-9-14(17)15(18)23(12)5/h9,13H,6-8,10-11H2,1-5H3,(H2,19,20,21). The van der Waals surface area contributed by atoms with Crippen LogP contribution in [0.5, 0.6) is 0 Å². The zero-order valence-electron chi connectivity index (χ0n) is 15.2. The van der Waals surface area contributed by atoms with Gasteiger partial charge in [0.25, 0.3) is 0 Å². The molecule has 0 radical (unpaired) electrons. The van der Waals surface area contributed by atoms with E-state index in [0.29, 0.717) is 29.9 Å². The molecule has 0 spiro atoms. The van der Waals surface area contributed by atoms with E-state index in [0.717, 1.165) is 24.6 Å². The first-order valence-electron chi connectivity index (χ1n) is 8.09.